The Bertz CT molecular complexity index is 395. The fourth-order valence-corrected chi connectivity index (χ4v) is 2.06. The highest BCUT2D eigenvalue weighted by Crippen LogP contribution is 2.25. The molecule has 0 saturated carbocycles. The van der Waals surface area contributed by atoms with Gasteiger partial charge in [0.2, 0.25) is 5.91 Å². The third-order valence-corrected chi connectivity index (χ3v) is 2.80. The van der Waals surface area contributed by atoms with E-state index in [0.717, 1.165) is 19.4 Å². The number of rotatable bonds is 3. The molecule has 86 valence electrons. The van der Waals surface area contributed by atoms with Crippen LogP contribution in [0, 0.1) is 0 Å². The van der Waals surface area contributed by atoms with Crippen LogP contribution in [0.3, 0.4) is 0 Å². The number of nitrogens with two attached hydrogens (primary N) is 2. The van der Waals surface area contributed by atoms with Gasteiger partial charge in [-0.15, -0.1) is 0 Å². The maximum absolute atomic E-state index is 11.3. The lowest BCUT2D eigenvalue weighted by molar-refractivity contribution is -0.119. The van der Waals surface area contributed by atoms with Gasteiger partial charge in [-0.3, -0.25) is 9.78 Å². The Hall–Kier alpha value is -1.69. The zero-order chi connectivity index (χ0) is 11.5. The molecular weight excluding hydrogens is 206 g/mol. The van der Waals surface area contributed by atoms with Crippen LogP contribution in [0.2, 0.25) is 0 Å². The minimum atomic E-state index is -0.314. The zero-order valence-electron chi connectivity index (χ0n) is 8.97. The Morgan fingerprint density at radius 2 is 2.25 bits per heavy atom. The third-order valence-electron chi connectivity index (χ3n) is 2.80. The lowest BCUT2D eigenvalue weighted by Gasteiger charge is -2.24. The van der Waals surface area contributed by atoms with E-state index in [0.29, 0.717) is 18.1 Å². The fraction of sp³-hybridized carbons (Fsp3) is 0.500. The van der Waals surface area contributed by atoms with Crippen LogP contribution in [-0.2, 0) is 11.3 Å². The van der Waals surface area contributed by atoms with Gasteiger partial charge in [0.15, 0.2) is 5.82 Å². The number of primary amides is 1. The van der Waals surface area contributed by atoms with Crippen molar-refractivity contribution in [2.24, 2.45) is 11.5 Å². The topological polar surface area (TPSA) is 98.1 Å². The second-order valence-electron chi connectivity index (χ2n) is 3.78. The first-order valence-corrected chi connectivity index (χ1v) is 5.30. The molecule has 2 rings (SSSR count). The van der Waals surface area contributed by atoms with Crippen LogP contribution >= 0.6 is 0 Å². The summed E-state index contributed by atoms with van der Waals surface area (Å²) in [4.78, 5) is 21.6. The largest absolute Gasteiger partial charge is 0.368 e. The molecule has 1 aromatic rings. The van der Waals surface area contributed by atoms with E-state index in [4.69, 9.17) is 11.5 Å². The van der Waals surface area contributed by atoms with Crippen molar-refractivity contribution in [1.29, 1.82) is 0 Å². The number of amides is 1. The van der Waals surface area contributed by atoms with Gasteiger partial charge in [-0.25, -0.2) is 4.98 Å². The molecule has 0 aromatic carbocycles. The molecule has 6 nitrogen and oxygen atoms in total. The first kappa shape index (κ1) is 10.8. The first-order chi connectivity index (χ1) is 7.74. The van der Waals surface area contributed by atoms with Crippen LogP contribution in [0.5, 0.6) is 0 Å². The summed E-state index contributed by atoms with van der Waals surface area (Å²) >= 11 is 0. The van der Waals surface area contributed by atoms with E-state index in [-0.39, 0.29) is 11.9 Å². The summed E-state index contributed by atoms with van der Waals surface area (Å²) in [5, 5.41) is 0. The molecule has 1 unspecified atom stereocenters. The fourth-order valence-electron chi connectivity index (χ4n) is 2.06. The van der Waals surface area contributed by atoms with E-state index < -0.39 is 0 Å². The molecular formula is C10H15N5O. The average molecular weight is 221 g/mol. The van der Waals surface area contributed by atoms with Gasteiger partial charge in [-0.2, -0.15) is 0 Å². The summed E-state index contributed by atoms with van der Waals surface area (Å²) in [5.41, 5.74) is 11.7. The molecule has 0 radical (unpaired) electrons. The number of anilines is 1. The average Bonchev–Trinajstić information content (AvgIpc) is 2.77. The minimum absolute atomic E-state index is 0.276. The molecule has 1 aliphatic rings. The van der Waals surface area contributed by atoms with Crippen LogP contribution in [0.4, 0.5) is 5.82 Å². The molecule has 1 fully saturated rings. The Labute approximate surface area is 93.7 Å². The van der Waals surface area contributed by atoms with Crippen molar-refractivity contribution in [3.63, 3.8) is 0 Å². The number of nitrogens with zero attached hydrogens (tertiary/aromatic N) is 3. The number of aromatic nitrogens is 2. The smallest absolute Gasteiger partial charge is 0.240 e. The molecule has 0 bridgehead atoms. The monoisotopic (exact) mass is 221 g/mol. The Balaban J connectivity index is 2.32. The summed E-state index contributed by atoms with van der Waals surface area (Å²) in [5.74, 6) is 0.373. The molecule has 1 saturated heterocycles. The molecule has 6 heteroatoms. The van der Waals surface area contributed by atoms with Gasteiger partial charge >= 0.3 is 0 Å². The molecule has 1 aromatic heterocycles. The lowest BCUT2D eigenvalue weighted by atomic mass is 10.2. The number of hydrogen-bond donors (Lipinski definition) is 2. The van der Waals surface area contributed by atoms with Crippen molar-refractivity contribution in [3.05, 3.63) is 18.1 Å². The molecule has 0 aliphatic carbocycles. The van der Waals surface area contributed by atoms with Gasteiger partial charge < -0.3 is 16.4 Å². The normalized spacial score (nSPS) is 20.1. The predicted molar refractivity (Wildman–Crippen MR) is 59.5 cm³/mol. The molecule has 1 amide bonds. The van der Waals surface area contributed by atoms with Crippen molar-refractivity contribution in [2.45, 2.75) is 25.4 Å². The number of hydrogen-bond acceptors (Lipinski definition) is 5. The highest BCUT2D eigenvalue weighted by atomic mass is 16.1. The minimum Gasteiger partial charge on any atom is -0.368 e. The molecule has 4 N–H and O–H groups in total. The Morgan fingerprint density at radius 3 is 2.94 bits per heavy atom. The predicted octanol–water partition coefficient (Wildman–Crippen LogP) is -0.611. The van der Waals surface area contributed by atoms with Gasteiger partial charge in [-0.1, -0.05) is 0 Å². The highest BCUT2D eigenvalue weighted by molar-refractivity contribution is 5.84. The van der Waals surface area contributed by atoms with E-state index in [2.05, 4.69) is 9.97 Å². The molecule has 0 spiro atoms. The van der Waals surface area contributed by atoms with E-state index in [1.54, 1.807) is 12.4 Å². The van der Waals surface area contributed by atoms with Crippen LogP contribution in [0.1, 0.15) is 18.5 Å². The van der Waals surface area contributed by atoms with Crippen LogP contribution in [-0.4, -0.2) is 28.5 Å². The summed E-state index contributed by atoms with van der Waals surface area (Å²) in [6, 6.07) is -0.276. The number of carbonyl (C=O) groups is 1. The quantitative estimate of drug-likeness (QED) is 0.709. The molecule has 2 heterocycles. The van der Waals surface area contributed by atoms with Crippen molar-refractivity contribution in [1.82, 2.24) is 9.97 Å². The summed E-state index contributed by atoms with van der Waals surface area (Å²) in [6.07, 6.45) is 4.91. The van der Waals surface area contributed by atoms with Crippen LogP contribution in [0.25, 0.3) is 0 Å². The van der Waals surface area contributed by atoms with Crippen LogP contribution < -0.4 is 16.4 Å². The van der Waals surface area contributed by atoms with Gasteiger partial charge in [0.1, 0.15) is 6.04 Å². The van der Waals surface area contributed by atoms with Crippen molar-refractivity contribution >= 4 is 11.7 Å². The maximum Gasteiger partial charge on any atom is 0.240 e. The molecule has 16 heavy (non-hydrogen) atoms. The van der Waals surface area contributed by atoms with E-state index in [9.17, 15) is 4.79 Å². The lowest BCUT2D eigenvalue weighted by Crippen LogP contribution is -2.41. The summed E-state index contributed by atoms with van der Waals surface area (Å²) in [7, 11) is 0. The first-order valence-electron chi connectivity index (χ1n) is 5.30. The molecule has 1 atom stereocenters. The zero-order valence-corrected chi connectivity index (χ0v) is 8.97. The standard InChI is InChI=1S/C10H15N5O/c11-6-7-10(14-4-3-13-7)15-5-1-2-8(15)9(12)16/h3-4,8H,1-2,5-6,11H2,(H2,12,16). The van der Waals surface area contributed by atoms with E-state index in [1.807, 2.05) is 4.90 Å². The highest BCUT2D eigenvalue weighted by Gasteiger charge is 2.31. The summed E-state index contributed by atoms with van der Waals surface area (Å²) < 4.78 is 0. The second-order valence-corrected chi connectivity index (χ2v) is 3.78. The Morgan fingerprint density at radius 1 is 1.50 bits per heavy atom. The summed E-state index contributed by atoms with van der Waals surface area (Å²) in [6.45, 7) is 1.09. The maximum atomic E-state index is 11.3. The van der Waals surface area contributed by atoms with Crippen molar-refractivity contribution in [2.75, 3.05) is 11.4 Å². The van der Waals surface area contributed by atoms with Gasteiger partial charge in [0.25, 0.3) is 0 Å². The molecule has 1 aliphatic heterocycles. The van der Waals surface area contributed by atoms with E-state index in [1.165, 1.54) is 0 Å². The van der Waals surface area contributed by atoms with Crippen molar-refractivity contribution in [3.8, 4) is 0 Å². The third kappa shape index (κ3) is 1.83. The Kier molecular flexibility index (Phi) is 3.00. The van der Waals surface area contributed by atoms with Gasteiger partial charge in [0, 0.05) is 25.5 Å². The van der Waals surface area contributed by atoms with Crippen molar-refractivity contribution < 1.29 is 4.79 Å². The SMILES string of the molecule is NCc1nccnc1N1CCCC1C(N)=O. The van der Waals surface area contributed by atoms with Gasteiger partial charge in [0.05, 0.1) is 5.69 Å². The van der Waals surface area contributed by atoms with E-state index >= 15 is 0 Å². The van der Waals surface area contributed by atoms with Crippen LogP contribution in [0.15, 0.2) is 12.4 Å². The number of carbonyl (C=O) groups excluding carboxylic acids is 1. The second kappa shape index (κ2) is 4.44. The van der Waals surface area contributed by atoms with Gasteiger partial charge in [-0.05, 0) is 12.8 Å².